The van der Waals surface area contributed by atoms with E-state index in [2.05, 4.69) is 10.3 Å². The number of rotatable bonds is 7. The number of aromatic nitrogens is 1. The number of aliphatic carboxylic acids is 1. The zero-order chi connectivity index (χ0) is 17.8. The Morgan fingerprint density at radius 3 is 2.39 bits per heavy atom. The van der Waals surface area contributed by atoms with E-state index in [1.165, 1.54) is 0 Å². The Morgan fingerprint density at radius 1 is 1.35 bits per heavy atom. The number of amides is 1. The van der Waals surface area contributed by atoms with Crippen LogP contribution in [0.4, 0.5) is 13.2 Å². The molecule has 5 nitrogen and oxygen atoms in total. The molecule has 0 bridgehead atoms. The molecule has 2 N–H and O–H groups in total. The molecule has 0 aliphatic rings. The van der Waals surface area contributed by atoms with Crippen molar-refractivity contribution in [2.45, 2.75) is 52.3 Å². The Kier molecular flexibility index (Phi) is 6.15. The SMILES string of the molecule is CCC(NC(=O)CC(C)(C)CC(=O)O)c1nc(C(F)(F)F)cs1. The molecule has 1 atom stereocenters. The molecule has 0 fully saturated rings. The molecule has 0 radical (unpaired) electrons. The van der Waals surface area contributed by atoms with Crippen LogP contribution in [0.15, 0.2) is 5.38 Å². The maximum absolute atomic E-state index is 12.6. The van der Waals surface area contributed by atoms with Gasteiger partial charge in [0.25, 0.3) is 0 Å². The van der Waals surface area contributed by atoms with Crippen molar-refractivity contribution in [1.82, 2.24) is 10.3 Å². The fraction of sp³-hybridized carbons (Fsp3) is 0.643. The Morgan fingerprint density at radius 2 is 1.96 bits per heavy atom. The molecule has 9 heteroatoms. The first-order valence-corrected chi connectivity index (χ1v) is 7.86. The van der Waals surface area contributed by atoms with Gasteiger partial charge in [-0.2, -0.15) is 13.2 Å². The number of hydrogen-bond acceptors (Lipinski definition) is 4. The minimum atomic E-state index is -4.51. The second kappa shape index (κ2) is 7.29. The van der Waals surface area contributed by atoms with E-state index in [1.54, 1.807) is 20.8 Å². The fourth-order valence-electron chi connectivity index (χ4n) is 2.07. The largest absolute Gasteiger partial charge is 0.481 e. The minimum Gasteiger partial charge on any atom is -0.481 e. The van der Waals surface area contributed by atoms with Gasteiger partial charge in [0.2, 0.25) is 5.91 Å². The summed E-state index contributed by atoms with van der Waals surface area (Å²) in [7, 11) is 0. The predicted octanol–water partition coefficient (Wildman–Crippen LogP) is 3.62. The quantitative estimate of drug-likeness (QED) is 0.785. The number of halogens is 3. The van der Waals surface area contributed by atoms with Gasteiger partial charge in [0.05, 0.1) is 12.5 Å². The van der Waals surface area contributed by atoms with Gasteiger partial charge < -0.3 is 10.4 Å². The summed E-state index contributed by atoms with van der Waals surface area (Å²) in [6, 6.07) is -0.621. The highest BCUT2D eigenvalue weighted by Crippen LogP contribution is 2.32. The van der Waals surface area contributed by atoms with Crippen molar-refractivity contribution in [3.05, 3.63) is 16.1 Å². The van der Waals surface area contributed by atoms with E-state index in [-0.39, 0.29) is 17.8 Å². The summed E-state index contributed by atoms with van der Waals surface area (Å²) in [6.07, 6.45) is -4.34. The Hall–Kier alpha value is -1.64. The van der Waals surface area contributed by atoms with Crippen molar-refractivity contribution in [3.8, 4) is 0 Å². The lowest BCUT2D eigenvalue weighted by molar-refractivity contribution is -0.141. The van der Waals surface area contributed by atoms with Crippen molar-refractivity contribution in [3.63, 3.8) is 0 Å². The number of alkyl halides is 3. The number of carboxylic acids is 1. The van der Waals surface area contributed by atoms with E-state index < -0.39 is 35.2 Å². The topological polar surface area (TPSA) is 79.3 Å². The van der Waals surface area contributed by atoms with Gasteiger partial charge in [-0.1, -0.05) is 20.8 Å². The van der Waals surface area contributed by atoms with Gasteiger partial charge in [-0.15, -0.1) is 11.3 Å². The molecule has 0 spiro atoms. The summed E-state index contributed by atoms with van der Waals surface area (Å²) >= 11 is 0.840. The maximum atomic E-state index is 12.6. The second-order valence-electron chi connectivity index (χ2n) is 6.01. The summed E-state index contributed by atoms with van der Waals surface area (Å²) in [4.78, 5) is 26.3. The average Bonchev–Trinajstić information content (AvgIpc) is 2.82. The molecule has 0 aliphatic carbocycles. The summed E-state index contributed by atoms with van der Waals surface area (Å²) < 4.78 is 37.7. The number of carbonyl (C=O) groups is 2. The molecular weight excluding hydrogens is 333 g/mol. The zero-order valence-electron chi connectivity index (χ0n) is 13.0. The molecule has 130 valence electrons. The molecule has 0 saturated carbocycles. The molecule has 0 saturated heterocycles. The van der Waals surface area contributed by atoms with Crippen LogP contribution in [0.2, 0.25) is 0 Å². The van der Waals surface area contributed by atoms with E-state index >= 15 is 0 Å². The molecule has 1 aromatic rings. The first-order valence-electron chi connectivity index (χ1n) is 6.98. The van der Waals surface area contributed by atoms with Crippen molar-refractivity contribution in [1.29, 1.82) is 0 Å². The summed E-state index contributed by atoms with van der Waals surface area (Å²) in [6.45, 7) is 5.02. The number of thiazole rings is 1. The molecule has 0 aromatic carbocycles. The molecule has 23 heavy (non-hydrogen) atoms. The van der Waals surface area contributed by atoms with Gasteiger partial charge in [-0.3, -0.25) is 9.59 Å². The van der Waals surface area contributed by atoms with Gasteiger partial charge in [0, 0.05) is 11.8 Å². The van der Waals surface area contributed by atoms with Crippen molar-refractivity contribution in [2.75, 3.05) is 0 Å². The van der Waals surface area contributed by atoms with Gasteiger partial charge in [0.1, 0.15) is 5.01 Å². The van der Waals surface area contributed by atoms with E-state index in [4.69, 9.17) is 5.11 Å². The lowest BCUT2D eigenvalue weighted by atomic mass is 9.85. The maximum Gasteiger partial charge on any atom is 0.434 e. The van der Waals surface area contributed by atoms with Crippen LogP contribution in [0, 0.1) is 5.41 Å². The van der Waals surface area contributed by atoms with E-state index in [0.29, 0.717) is 6.42 Å². The second-order valence-corrected chi connectivity index (χ2v) is 6.90. The summed E-state index contributed by atoms with van der Waals surface area (Å²) in [5.41, 5.74) is -1.72. The molecular formula is C14H19F3N2O3S. The van der Waals surface area contributed by atoms with Crippen molar-refractivity contribution in [2.24, 2.45) is 5.41 Å². The Balaban J connectivity index is 2.74. The van der Waals surface area contributed by atoms with Crippen LogP contribution in [0.3, 0.4) is 0 Å². The molecule has 1 unspecified atom stereocenters. The predicted molar refractivity (Wildman–Crippen MR) is 78.9 cm³/mol. The van der Waals surface area contributed by atoms with E-state index in [1.807, 2.05) is 0 Å². The van der Waals surface area contributed by atoms with Crippen LogP contribution in [0.25, 0.3) is 0 Å². The summed E-state index contributed by atoms with van der Waals surface area (Å²) in [5, 5.41) is 12.5. The van der Waals surface area contributed by atoms with E-state index in [0.717, 1.165) is 16.7 Å². The molecule has 1 amide bonds. The average molecular weight is 352 g/mol. The van der Waals surface area contributed by atoms with Crippen LogP contribution in [0.5, 0.6) is 0 Å². The number of carboxylic acid groups (broad SMARTS) is 1. The summed E-state index contributed by atoms with van der Waals surface area (Å²) in [5.74, 6) is -1.42. The minimum absolute atomic E-state index is 0.0344. The van der Waals surface area contributed by atoms with Gasteiger partial charge >= 0.3 is 12.1 Å². The lowest BCUT2D eigenvalue weighted by Crippen LogP contribution is -2.32. The van der Waals surface area contributed by atoms with Crippen LogP contribution >= 0.6 is 11.3 Å². The number of nitrogens with zero attached hydrogens (tertiary/aromatic N) is 1. The molecule has 0 aliphatic heterocycles. The van der Waals surface area contributed by atoms with Crippen LogP contribution in [-0.4, -0.2) is 22.0 Å². The number of nitrogens with one attached hydrogen (secondary N) is 1. The van der Waals surface area contributed by atoms with Gasteiger partial charge in [-0.05, 0) is 11.8 Å². The Bertz CT molecular complexity index is 570. The monoisotopic (exact) mass is 352 g/mol. The fourth-order valence-corrected chi connectivity index (χ4v) is 3.03. The van der Waals surface area contributed by atoms with Crippen molar-refractivity contribution < 1.29 is 27.9 Å². The lowest BCUT2D eigenvalue weighted by Gasteiger charge is -2.23. The third kappa shape index (κ3) is 6.17. The van der Waals surface area contributed by atoms with Crippen LogP contribution in [0.1, 0.15) is 56.8 Å². The third-order valence-electron chi connectivity index (χ3n) is 3.12. The smallest absolute Gasteiger partial charge is 0.434 e. The molecule has 1 heterocycles. The Labute approximate surface area is 135 Å². The standard InChI is InChI=1S/C14H19F3N2O3S/c1-4-8(12-19-9(7-23-12)14(15,16)17)18-10(20)5-13(2,3)6-11(21)22/h7-8H,4-6H2,1-3H3,(H,18,20)(H,21,22). The van der Waals surface area contributed by atoms with E-state index in [9.17, 15) is 22.8 Å². The normalized spacial score (nSPS) is 13.7. The van der Waals surface area contributed by atoms with Gasteiger partial charge in [0.15, 0.2) is 5.69 Å². The highest BCUT2D eigenvalue weighted by atomic mass is 32.1. The zero-order valence-corrected chi connectivity index (χ0v) is 13.8. The van der Waals surface area contributed by atoms with Gasteiger partial charge in [-0.25, -0.2) is 4.98 Å². The highest BCUT2D eigenvalue weighted by molar-refractivity contribution is 7.09. The van der Waals surface area contributed by atoms with Crippen molar-refractivity contribution >= 4 is 23.2 Å². The third-order valence-corrected chi connectivity index (χ3v) is 4.08. The highest BCUT2D eigenvalue weighted by Gasteiger charge is 2.34. The molecule has 1 rings (SSSR count). The first kappa shape index (κ1) is 19.4. The number of hydrogen-bond donors (Lipinski definition) is 2. The van der Waals surface area contributed by atoms with Crippen LogP contribution < -0.4 is 5.32 Å². The number of carbonyl (C=O) groups excluding carboxylic acids is 1. The molecule has 1 aromatic heterocycles. The first-order chi connectivity index (χ1) is 10.4. The van der Waals surface area contributed by atoms with Crippen LogP contribution in [-0.2, 0) is 15.8 Å².